The van der Waals surface area contributed by atoms with Crippen LogP contribution in [0.25, 0.3) is 121 Å². The summed E-state index contributed by atoms with van der Waals surface area (Å²) in [6, 6.07) is 67.5. The second kappa shape index (κ2) is 14.9. The molecule has 0 unspecified atom stereocenters. The van der Waals surface area contributed by atoms with Crippen molar-refractivity contribution in [1.29, 1.82) is 0 Å². The third kappa shape index (κ3) is 6.24. The number of nitrogens with zero attached hydrogens (tertiary/aromatic N) is 4. The largest absolute Gasteiger partial charge is 0.455 e. The Balaban J connectivity index is 0.920. The van der Waals surface area contributed by atoms with Gasteiger partial charge in [-0.1, -0.05) is 170 Å². The Bertz CT molecular complexity index is 3600. The summed E-state index contributed by atoms with van der Waals surface area (Å²) in [5, 5.41) is 4.77. The Labute approximate surface area is 361 Å². The number of thiophene rings is 1. The summed E-state index contributed by atoms with van der Waals surface area (Å²) in [6.45, 7) is 0. The Morgan fingerprint density at radius 2 is 0.935 bits per heavy atom. The van der Waals surface area contributed by atoms with Gasteiger partial charge >= 0.3 is 0 Å². The summed E-state index contributed by atoms with van der Waals surface area (Å²) in [6.07, 6.45) is 3.75. The van der Waals surface area contributed by atoms with Crippen molar-refractivity contribution < 1.29 is 4.42 Å². The second-order valence-electron chi connectivity index (χ2n) is 15.4. The molecule has 8 aromatic carbocycles. The summed E-state index contributed by atoms with van der Waals surface area (Å²) in [4.78, 5) is 19.6. The zero-order valence-electron chi connectivity index (χ0n) is 33.2. The molecule has 5 nitrogen and oxygen atoms in total. The highest BCUT2D eigenvalue weighted by atomic mass is 32.1. The molecule has 0 N–H and O–H groups in total. The average Bonchev–Trinajstić information content (AvgIpc) is 3.94. The van der Waals surface area contributed by atoms with Crippen molar-refractivity contribution in [3.05, 3.63) is 207 Å². The molecule has 0 aliphatic carbocycles. The molecule has 0 bridgehead atoms. The number of hydrogen-bond donors (Lipinski definition) is 0. The first-order valence-electron chi connectivity index (χ1n) is 20.6. The Morgan fingerprint density at radius 1 is 0.371 bits per heavy atom. The van der Waals surface area contributed by atoms with Crippen molar-refractivity contribution in [2.24, 2.45) is 0 Å². The normalized spacial score (nSPS) is 11.5. The molecule has 4 heterocycles. The van der Waals surface area contributed by atoms with Crippen LogP contribution < -0.4 is 0 Å². The predicted octanol–water partition coefficient (Wildman–Crippen LogP) is 15.2. The molecule has 0 aliphatic heterocycles. The smallest absolute Gasteiger partial charge is 0.160 e. The Morgan fingerprint density at radius 3 is 1.68 bits per heavy atom. The first-order chi connectivity index (χ1) is 30.7. The SMILES string of the molecule is c1ccc(-c2cnc(-c3ccc(-c4nc(-c5ccccc5)cc(-c5ccc(-c6ccc(-c7cccc8c7sc7ccccc78)c7oc8ccccc8c67)cc5)n4)cc3)nc2)cc1. The minimum atomic E-state index is 0.646. The van der Waals surface area contributed by atoms with E-state index in [0.717, 1.165) is 83.4 Å². The van der Waals surface area contributed by atoms with E-state index in [2.05, 4.69) is 137 Å². The van der Waals surface area contributed by atoms with Gasteiger partial charge in [-0.15, -0.1) is 11.3 Å². The lowest BCUT2D eigenvalue weighted by atomic mass is 9.93. The molecule has 0 aliphatic rings. The number of hydrogen-bond acceptors (Lipinski definition) is 6. The van der Waals surface area contributed by atoms with Crippen LogP contribution in [-0.2, 0) is 0 Å². The quantitative estimate of drug-likeness (QED) is 0.160. The molecule has 0 spiro atoms. The molecule has 0 fully saturated rings. The molecule has 290 valence electrons. The molecule has 12 aromatic rings. The lowest BCUT2D eigenvalue weighted by molar-refractivity contribution is 0.670. The van der Waals surface area contributed by atoms with Crippen molar-refractivity contribution in [2.75, 3.05) is 0 Å². The van der Waals surface area contributed by atoms with Crippen molar-refractivity contribution in [3.8, 4) is 78.7 Å². The van der Waals surface area contributed by atoms with E-state index < -0.39 is 0 Å². The fraction of sp³-hybridized carbons (Fsp3) is 0. The van der Waals surface area contributed by atoms with Gasteiger partial charge in [-0.3, -0.25) is 0 Å². The van der Waals surface area contributed by atoms with Crippen LogP contribution >= 0.6 is 11.3 Å². The lowest BCUT2D eigenvalue weighted by Gasteiger charge is -2.12. The third-order valence-corrected chi connectivity index (χ3v) is 12.9. The number of fused-ring (bicyclic) bond motifs is 6. The average molecular weight is 811 g/mol. The molecule has 0 saturated heterocycles. The summed E-state index contributed by atoms with van der Waals surface area (Å²) < 4.78 is 9.32. The standard InChI is InChI=1S/C56H34N4OS/c1-3-12-35(13-4-1)41-33-57-55(58-34-41)39-26-28-40(29-27-39)56-59-48(37-14-5-2-6-15-37)32-49(60-56)38-24-22-36(23-25-38)42-30-31-44(53-52(42)47-17-7-9-20-50(47)61-53)46-19-11-18-45-43-16-8-10-21-51(43)62-54(45)46/h1-34H. The van der Waals surface area contributed by atoms with Gasteiger partial charge in [-0.25, -0.2) is 19.9 Å². The number of furan rings is 1. The van der Waals surface area contributed by atoms with E-state index in [0.29, 0.717) is 11.6 Å². The van der Waals surface area contributed by atoms with E-state index in [1.807, 2.05) is 90.5 Å². The van der Waals surface area contributed by atoms with E-state index in [4.69, 9.17) is 14.4 Å². The zero-order chi connectivity index (χ0) is 41.0. The van der Waals surface area contributed by atoms with E-state index >= 15 is 0 Å². The van der Waals surface area contributed by atoms with Crippen molar-refractivity contribution in [1.82, 2.24) is 19.9 Å². The molecule has 6 heteroatoms. The van der Waals surface area contributed by atoms with Crippen LogP contribution in [0.2, 0.25) is 0 Å². The summed E-state index contributed by atoms with van der Waals surface area (Å²) in [7, 11) is 0. The van der Waals surface area contributed by atoms with Gasteiger partial charge in [0.2, 0.25) is 0 Å². The highest BCUT2D eigenvalue weighted by Crippen LogP contribution is 2.46. The highest BCUT2D eigenvalue weighted by molar-refractivity contribution is 7.26. The van der Waals surface area contributed by atoms with Gasteiger partial charge in [0.1, 0.15) is 11.2 Å². The van der Waals surface area contributed by atoms with Gasteiger partial charge in [0, 0.05) is 82.3 Å². The molecular weight excluding hydrogens is 777 g/mol. The molecule has 0 amide bonds. The van der Waals surface area contributed by atoms with Crippen molar-refractivity contribution in [3.63, 3.8) is 0 Å². The fourth-order valence-electron chi connectivity index (χ4n) is 8.57. The molecule has 12 rings (SSSR count). The predicted molar refractivity (Wildman–Crippen MR) is 256 cm³/mol. The van der Waals surface area contributed by atoms with Crippen LogP contribution in [0.1, 0.15) is 0 Å². The molecule has 4 aromatic heterocycles. The minimum absolute atomic E-state index is 0.646. The molecule has 0 atom stereocenters. The monoisotopic (exact) mass is 810 g/mol. The number of aromatic nitrogens is 4. The fourth-order valence-corrected chi connectivity index (χ4v) is 9.80. The van der Waals surface area contributed by atoms with Gasteiger partial charge in [-0.05, 0) is 41.0 Å². The first kappa shape index (κ1) is 35.8. The maximum absolute atomic E-state index is 6.76. The van der Waals surface area contributed by atoms with Crippen LogP contribution in [0, 0.1) is 0 Å². The minimum Gasteiger partial charge on any atom is -0.455 e. The maximum atomic E-state index is 6.76. The van der Waals surface area contributed by atoms with Crippen molar-refractivity contribution >= 4 is 53.4 Å². The van der Waals surface area contributed by atoms with E-state index in [-0.39, 0.29) is 0 Å². The summed E-state index contributed by atoms with van der Waals surface area (Å²) in [5.41, 5.74) is 13.9. The molecular formula is C56H34N4OS. The van der Waals surface area contributed by atoms with Crippen molar-refractivity contribution in [2.45, 2.75) is 0 Å². The van der Waals surface area contributed by atoms with Crippen LogP contribution in [0.5, 0.6) is 0 Å². The maximum Gasteiger partial charge on any atom is 0.160 e. The topological polar surface area (TPSA) is 64.7 Å². The Hall–Kier alpha value is -8.06. The third-order valence-electron chi connectivity index (χ3n) is 11.7. The van der Waals surface area contributed by atoms with Gasteiger partial charge in [0.15, 0.2) is 11.6 Å². The van der Waals surface area contributed by atoms with Gasteiger partial charge < -0.3 is 4.42 Å². The molecule has 62 heavy (non-hydrogen) atoms. The number of para-hydroxylation sites is 1. The number of benzene rings is 8. The zero-order valence-corrected chi connectivity index (χ0v) is 34.1. The van der Waals surface area contributed by atoms with Gasteiger partial charge in [0.25, 0.3) is 0 Å². The summed E-state index contributed by atoms with van der Waals surface area (Å²) >= 11 is 1.84. The lowest BCUT2D eigenvalue weighted by Crippen LogP contribution is -1.96. The number of rotatable bonds is 7. The van der Waals surface area contributed by atoms with E-state index in [9.17, 15) is 0 Å². The Kier molecular flexibility index (Phi) is 8.61. The van der Waals surface area contributed by atoms with E-state index in [1.165, 1.54) is 25.7 Å². The van der Waals surface area contributed by atoms with Crippen LogP contribution in [0.3, 0.4) is 0 Å². The van der Waals surface area contributed by atoms with Gasteiger partial charge in [0.05, 0.1) is 11.4 Å². The van der Waals surface area contributed by atoms with E-state index in [1.54, 1.807) is 0 Å². The second-order valence-corrected chi connectivity index (χ2v) is 16.4. The van der Waals surface area contributed by atoms with Gasteiger partial charge in [-0.2, -0.15) is 0 Å². The molecule has 0 saturated carbocycles. The first-order valence-corrected chi connectivity index (χ1v) is 21.4. The van der Waals surface area contributed by atoms with Crippen LogP contribution in [0.4, 0.5) is 0 Å². The molecule has 0 radical (unpaired) electrons. The summed E-state index contributed by atoms with van der Waals surface area (Å²) in [5.74, 6) is 1.31. The van der Waals surface area contributed by atoms with Crippen LogP contribution in [0.15, 0.2) is 211 Å². The highest BCUT2D eigenvalue weighted by Gasteiger charge is 2.20. The van der Waals surface area contributed by atoms with Crippen LogP contribution in [-0.4, -0.2) is 19.9 Å².